The van der Waals surface area contributed by atoms with Crippen molar-refractivity contribution in [3.05, 3.63) is 65.2 Å². The number of benzene rings is 2. The summed E-state index contributed by atoms with van der Waals surface area (Å²) >= 11 is 0. The molecule has 3 aliphatic heterocycles. The molecule has 302 valence electrons. The number of alkyl halides is 3. The molecule has 1 aliphatic carbocycles. The quantitative estimate of drug-likeness (QED) is 0.0918. The number of halogens is 5. The normalized spacial score (nSPS) is 22.4. The van der Waals surface area contributed by atoms with Crippen molar-refractivity contribution in [2.24, 2.45) is 0 Å². The number of nitrogens with one attached hydrogen (secondary N) is 2. The van der Waals surface area contributed by atoms with Gasteiger partial charge in [-0.05, 0) is 87.9 Å². The van der Waals surface area contributed by atoms with E-state index in [1.807, 2.05) is 0 Å². The van der Waals surface area contributed by atoms with Crippen molar-refractivity contribution in [3.8, 4) is 41.2 Å². The molecule has 3 N–H and O–H groups in total. The molecule has 3 fully saturated rings. The van der Waals surface area contributed by atoms with Gasteiger partial charge in [0.1, 0.15) is 41.8 Å². The Kier molecular flexibility index (Phi) is 9.71. The number of aromatic nitrogens is 5. The number of rotatable bonds is 11. The van der Waals surface area contributed by atoms with E-state index in [1.165, 1.54) is 30.3 Å². The Morgan fingerprint density at radius 3 is 2.67 bits per heavy atom. The maximum Gasteiger partial charge on any atom is 0.451 e. The van der Waals surface area contributed by atoms with Gasteiger partial charge in [0.2, 0.25) is 11.7 Å². The van der Waals surface area contributed by atoms with Gasteiger partial charge in [-0.1, -0.05) is 18.9 Å². The molecular weight excluding hydrogens is 760 g/mol. The number of anilines is 1. The smallest absolute Gasteiger partial charge is 0.451 e. The summed E-state index contributed by atoms with van der Waals surface area (Å²) in [7, 11) is 0. The summed E-state index contributed by atoms with van der Waals surface area (Å²) in [6, 6.07) is 7.09. The van der Waals surface area contributed by atoms with E-state index in [2.05, 4.69) is 43.3 Å². The highest BCUT2D eigenvalue weighted by molar-refractivity contribution is 6.03. The average molecular weight is 801 g/mol. The molecular formula is C42H41F5N8O3. The summed E-state index contributed by atoms with van der Waals surface area (Å²) in [4.78, 5) is 23.5. The molecule has 16 heteroatoms. The van der Waals surface area contributed by atoms with Crippen LogP contribution in [0.4, 0.5) is 27.8 Å². The zero-order valence-corrected chi connectivity index (χ0v) is 31.7. The van der Waals surface area contributed by atoms with Crippen LogP contribution in [-0.2, 0) is 12.6 Å². The number of hydrogen-bond donors (Lipinski definition) is 3. The second-order valence-corrected chi connectivity index (χ2v) is 15.7. The lowest BCUT2D eigenvalue weighted by molar-refractivity contribution is -0.145. The van der Waals surface area contributed by atoms with E-state index in [1.54, 1.807) is 0 Å². The van der Waals surface area contributed by atoms with Gasteiger partial charge in [-0.2, -0.15) is 28.1 Å². The third kappa shape index (κ3) is 6.97. The second kappa shape index (κ2) is 14.8. The van der Waals surface area contributed by atoms with Crippen LogP contribution in [0, 0.1) is 24.0 Å². The molecule has 0 bridgehead atoms. The van der Waals surface area contributed by atoms with E-state index in [0.29, 0.717) is 47.6 Å². The second-order valence-electron chi connectivity index (χ2n) is 15.7. The van der Waals surface area contributed by atoms with Crippen LogP contribution in [0.5, 0.6) is 17.6 Å². The molecule has 5 aromatic rings. The van der Waals surface area contributed by atoms with Gasteiger partial charge >= 0.3 is 12.2 Å². The lowest BCUT2D eigenvalue weighted by Crippen LogP contribution is -2.48. The summed E-state index contributed by atoms with van der Waals surface area (Å²) in [5.74, 6) is -0.246. The average Bonchev–Trinajstić information content (AvgIpc) is 3.88. The molecule has 11 nitrogen and oxygen atoms in total. The number of pyridine rings is 1. The number of fused-ring (bicyclic) bond motifs is 2. The highest BCUT2D eigenvalue weighted by Gasteiger charge is 2.50. The van der Waals surface area contributed by atoms with Crippen LogP contribution in [0.3, 0.4) is 0 Å². The van der Waals surface area contributed by atoms with Gasteiger partial charge in [0.05, 0.1) is 22.2 Å². The first kappa shape index (κ1) is 38.1. The molecule has 4 aliphatic rings. The van der Waals surface area contributed by atoms with Crippen molar-refractivity contribution >= 4 is 27.5 Å². The summed E-state index contributed by atoms with van der Waals surface area (Å²) in [5.41, 5.74) is 0.0111. The number of aromatic hydroxyl groups is 1. The Balaban J connectivity index is 1.07. The molecule has 3 aromatic heterocycles. The van der Waals surface area contributed by atoms with Crippen molar-refractivity contribution in [1.29, 1.82) is 0 Å². The molecule has 4 atom stereocenters. The Hall–Kier alpha value is -5.40. The number of aryl methyl sites for hydroxylation is 1. The first-order valence-electron chi connectivity index (χ1n) is 19.7. The van der Waals surface area contributed by atoms with E-state index < -0.39 is 29.2 Å². The van der Waals surface area contributed by atoms with E-state index in [4.69, 9.17) is 25.9 Å². The SMILES string of the molecule is C#Cc1c(F)ccc2cc(O)cc(-c3nc4c5c(nc(OC[C@@]67CCCN6[C@H](COc6ccnc(C(F)(F)F)n6)CC7)nc5c3F)N[C@@H]([C@H](CC)NC3CC3)CC4)c12. The minimum atomic E-state index is -4.69. The number of terminal acetylenes is 1. The Labute approximate surface area is 330 Å². The third-order valence-electron chi connectivity index (χ3n) is 12.1. The van der Waals surface area contributed by atoms with Crippen molar-refractivity contribution < 1.29 is 36.5 Å². The molecule has 9 rings (SSSR count). The Morgan fingerprint density at radius 2 is 1.90 bits per heavy atom. The number of phenolic OH excluding ortho intramolecular Hbond substituents is 1. The molecule has 0 amide bonds. The summed E-state index contributed by atoms with van der Waals surface area (Å²) in [5, 5.41) is 19.2. The van der Waals surface area contributed by atoms with Crippen LogP contribution >= 0.6 is 0 Å². The van der Waals surface area contributed by atoms with Crippen LogP contribution in [0.25, 0.3) is 32.9 Å². The fourth-order valence-corrected chi connectivity index (χ4v) is 9.15. The van der Waals surface area contributed by atoms with E-state index in [0.717, 1.165) is 51.3 Å². The highest BCUT2D eigenvalue weighted by atomic mass is 19.4. The molecule has 6 heterocycles. The first-order valence-corrected chi connectivity index (χ1v) is 19.7. The van der Waals surface area contributed by atoms with Gasteiger partial charge in [-0.15, -0.1) is 6.42 Å². The van der Waals surface area contributed by atoms with Gasteiger partial charge in [-0.25, -0.2) is 18.7 Å². The van der Waals surface area contributed by atoms with Gasteiger partial charge in [0, 0.05) is 47.4 Å². The molecule has 2 aromatic carbocycles. The summed E-state index contributed by atoms with van der Waals surface area (Å²) in [6.45, 7) is 3.16. The van der Waals surface area contributed by atoms with Crippen LogP contribution < -0.4 is 20.1 Å². The number of phenols is 1. The molecule has 0 radical (unpaired) electrons. The lowest BCUT2D eigenvalue weighted by Gasteiger charge is -2.34. The molecule has 58 heavy (non-hydrogen) atoms. The number of hydrogen-bond acceptors (Lipinski definition) is 11. The summed E-state index contributed by atoms with van der Waals surface area (Å²) < 4.78 is 84.2. The molecule has 1 saturated carbocycles. The zero-order valence-electron chi connectivity index (χ0n) is 31.7. The summed E-state index contributed by atoms with van der Waals surface area (Å²) in [6.07, 6.45) is 9.40. The number of nitrogens with zero attached hydrogens (tertiary/aromatic N) is 6. The number of ether oxygens (including phenoxy) is 2. The Bertz CT molecular complexity index is 2460. The van der Waals surface area contributed by atoms with Gasteiger partial charge < -0.3 is 25.2 Å². The highest BCUT2D eigenvalue weighted by Crippen LogP contribution is 2.44. The fourth-order valence-electron chi connectivity index (χ4n) is 9.15. The van der Waals surface area contributed by atoms with Crippen molar-refractivity contribution in [1.82, 2.24) is 35.1 Å². The predicted octanol–water partition coefficient (Wildman–Crippen LogP) is 7.33. The van der Waals surface area contributed by atoms with Crippen LogP contribution in [0.1, 0.15) is 75.4 Å². The van der Waals surface area contributed by atoms with Gasteiger partial charge in [0.15, 0.2) is 5.82 Å². The third-order valence-corrected chi connectivity index (χ3v) is 12.1. The monoisotopic (exact) mass is 800 g/mol. The molecule has 0 spiro atoms. The van der Waals surface area contributed by atoms with Crippen molar-refractivity contribution in [2.45, 2.75) is 101 Å². The molecule has 0 unspecified atom stereocenters. The standard InChI is InChI=1S/C42H41F5N8O3/c1-3-26-28(43)9-6-22-18-25(56)19-27(33(22)26)36-35(44)37-34-31(50-36)11-10-30(29(4-2)49-23-7-8-23)51-38(34)54-40(53-37)58-21-41-14-5-17-55(41)24(12-15-41)20-57-32-13-16-48-39(52-32)42(45,46)47/h1,6,9,13,16,18-19,23-24,29-30,49,56H,4-5,7-8,10-12,14-15,17,20-21H2,2H3,(H,51,53,54)/t24-,29-,30+,41-/m0/s1. The van der Waals surface area contributed by atoms with Gasteiger partial charge in [0.25, 0.3) is 0 Å². The maximum atomic E-state index is 17.2. The zero-order chi connectivity index (χ0) is 40.3. The van der Waals surface area contributed by atoms with E-state index >= 15 is 8.78 Å². The minimum Gasteiger partial charge on any atom is -0.508 e. The molecule has 2 saturated heterocycles. The van der Waals surface area contributed by atoms with Gasteiger partial charge in [-0.3, -0.25) is 4.90 Å². The van der Waals surface area contributed by atoms with E-state index in [-0.39, 0.29) is 76.7 Å². The van der Waals surface area contributed by atoms with Crippen molar-refractivity contribution in [3.63, 3.8) is 0 Å². The Morgan fingerprint density at radius 1 is 1.05 bits per heavy atom. The van der Waals surface area contributed by atoms with Crippen LogP contribution in [0.15, 0.2) is 36.5 Å². The van der Waals surface area contributed by atoms with E-state index in [9.17, 15) is 18.3 Å². The lowest BCUT2D eigenvalue weighted by atomic mass is 9.95. The maximum absolute atomic E-state index is 17.2. The minimum absolute atomic E-state index is 0.0342. The topological polar surface area (TPSA) is 130 Å². The largest absolute Gasteiger partial charge is 0.508 e. The van der Waals surface area contributed by atoms with Crippen LogP contribution in [0.2, 0.25) is 0 Å². The predicted molar refractivity (Wildman–Crippen MR) is 205 cm³/mol. The first-order chi connectivity index (χ1) is 27.9. The van der Waals surface area contributed by atoms with Crippen molar-refractivity contribution in [2.75, 3.05) is 25.1 Å². The fraction of sp³-hybridized carbons (Fsp3) is 0.452. The van der Waals surface area contributed by atoms with Crippen LogP contribution in [-0.4, -0.2) is 84.4 Å².